The highest BCUT2D eigenvalue weighted by atomic mass is 16.6. The molecular formula is C32H48N4O6. The summed E-state index contributed by atoms with van der Waals surface area (Å²) in [5.41, 5.74) is 1.22. The van der Waals surface area contributed by atoms with Crippen molar-refractivity contribution in [2.45, 2.75) is 97.2 Å². The van der Waals surface area contributed by atoms with Crippen molar-refractivity contribution in [1.29, 1.82) is 0 Å². The van der Waals surface area contributed by atoms with Crippen LogP contribution in [0.5, 0.6) is 11.5 Å². The molecule has 0 spiro atoms. The molecule has 2 aliphatic heterocycles. The number of hydrazone groups is 1. The number of hydrogen-bond acceptors (Lipinski definition) is 7. The number of carbonyl (C=O) groups excluding carboxylic acids is 3. The van der Waals surface area contributed by atoms with Gasteiger partial charge in [-0.05, 0) is 70.6 Å². The number of benzene rings is 1. The van der Waals surface area contributed by atoms with Gasteiger partial charge in [0.1, 0.15) is 11.6 Å². The van der Waals surface area contributed by atoms with Crippen LogP contribution >= 0.6 is 0 Å². The molecule has 10 nitrogen and oxygen atoms in total. The van der Waals surface area contributed by atoms with Gasteiger partial charge in [-0.15, -0.1) is 0 Å². The van der Waals surface area contributed by atoms with Crippen molar-refractivity contribution in [3.8, 4) is 11.5 Å². The number of methoxy groups -OCH3 is 2. The van der Waals surface area contributed by atoms with Crippen molar-refractivity contribution in [1.82, 2.24) is 15.2 Å². The second kappa shape index (κ2) is 13.3. The molecule has 232 valence electrons. The summed E-state index contributed by atoms with van der Waals surface area (Å²) in [6.45, 7) is 10.3. The van der Waals surface area contributed by atoms with E-state index in [4.69, 9.17) is 19.3 Å². The maximum atomic E-state index is 13.8. The number of piperidine rings is 1. The summed E-state index contributed by atoms with van der Waals surface area (Å²) >= 11 is 0. The number of likely N-dealkylation sites (tertiary alicyclic amines) is 1. The maximum Gasteiger partial charge on any atom is 0.408 e. The van der Waals surface area contributed by atoms with Crippen LogP contribution in [0.4, 0.5) is 4.79 Å². The molecule has 3 aliphatic rings. The second-order valence-electron chi connectivity index (χ2n) is 12.8. The summed E-state index contributed by atoms with van der Waals surface area (Å²) in [7, 11) is 3.23. The van der Waals surface area contributed by atoms with Gasteiger partial charge in [-0.2, -0.15) is 5.10 Å². The molecule has 1 N–H and O–H groups in total. The summed E-state index contributed by atoms with van der Waals surface area (Å²) in [5.74, 6) is 1.21. The summed E-state index contributed by atoms with van der Waals surface area (Å²) in [6, 6.07) is 5.06. The molecule has 2 heterocycles. The Morgan fingerprint density at radius 2 is 1.67 bits per heavy atom. The van der Waals surface area contributed by atoms with Crippen LogP contribution in [-0.2, 0) is 14.3 Å². The van der Waals surface area contributed by atoms with Crippen molar-refractivity contribution in [2.75, 3.05) is 27.3 Å². The van der Waals surface area contributed by atoms with Crippen LogP contribution in [-0.4, -0.2) is 78.5 Å². The van der Waals surface area contributed by atoms with E-state index in [2.05, 4.69) is 5.32 Å². The smallest absolute Gasteiger partial charge is 0.408 e. The zero-order valence-corrected chi connectivity index (χ0v) is 26.3. The summed E-state index contributed by atoms with van der Waals surface area (Å²) < 4.78 is 16.4. The number of amides is 3. The summed E-state index contributed by atoms with van der Waals surface area (Å²) in [6.07, 6.45) is 5.30. The van der Waals surface area contributed by atoms with Crippen molar-refractivity contribution in [3.05, 3.63) is 23.8 Å². The predicted octanol–water partition coefficient (Wildman–Crippen LogP) is 4.99. The third kappa shape index (κ3) is 7.01. The highest BCUT2D eigenvalue weighted by molar-refractivity contribution is 6.07. The number of nitrogens with one attached hydrogen (secondary N) is 1. The standard InChI is InChI=1S/C32H48N4O6/c1-8-20(2)27(33-31(39)42-32(3,4)5)30(38)35-17-15-22(16-18-35)36-29(37)24-12-10-9-11-23(24)28(34-36)21-13-14-25(40-6)26(19-21)41-7/h13-14,19-20,22-24,27H,8-12,15-18H2,1-7H3,(H,33,39)/t20-,23-,24+,27-/m0/s1. The second-order valence-corrected chi connectivity index (χ2v) is 12.8. The SMILES string of the molecule is CC[C@H](C)[C@H](NC(=O)OC(C)(C)C)C(=O)N1CCC(N2N=C(c3ccc(OC)c(OC)c3)[C@H]3CCCC[C@H]3C2=O)CC1. The van der Waals surface area contributed by atoms with Crippen molar-refractivity contribution in [3.63, 3.8) is 0 Å². The third-order valence-electron chi connectivity index (χ3n) is 8.83. The third-order valence-corrected chi connectivity index (χ3v) is 8.83. The fourth-order valence-electron chi connectivity index (χ4n) is 6.34. The Labute approximate surface area is 250 Å². The molecule has 2 fully saturated rings. The number of fused-ring (bicyclic) bond motifs is 1. The van der Waals surface area contributed by atoms with Gasteiger partial charge in [0.2, 0.25) is 11.8 Å². The molecule has 42 heavy (non-hydrogen) atoms. The first-order valence-electron chi connectivity index (χ1n) is 15.4. The molecular weight excluding hydrogens is 536 g/mol. The van der Waals surface area contributed by atoms with Crippen LogP contribution in [0, 0.1) is 17.8 Å². The molecule has 3 amide bonds. The number of rotatable bonds is 8. The minimum absolute atomic E-state index is 0.0525. The Morgan fingerprint density at radius 1 is 1.02 bits per heavy atom. The molecule has 1 saturated carbocycles. The minimum Gasteiger partial charge on any atom is -0.493 e. The molecule has 0 bridgehead atoms. The Bertz CT molecular complexity index is 1170. The number of nitrogens with zero attached hydrogens (tertiary/aromatic N) is 3. The van der Waals surface area contributed by atoms with Gasteiger partial charge in [0.05, 0.1) is 26.0 Å². The van der Waals surface area contributed by atoms with E-state index in [1.165, 1.54) is 0 Å². The Morgan fingerprint density at radius 3 is 2.26 bits per heavy atom. The van der Waals surface area contributed by atoms with Crippen LogP contribution in [0.1, 0.15) is 85.1 Å². The maximum absolute atomic E-state index is 13.8. The molecule has 0 unspecified atom stereocenters. The van der Waals surface area contributed by atoms with Crippen LogP contribution in [0.15, 0.2) is 23.3 Å². The first-order valence-corrected chi connectivity index (χ1v) is 15.4. The fourth-order valence-corrected chi connectivity index (χ4v) is 6.34. The van der Waals surface area contributed by atoms with Crippen LogP contribution < -0.4 is 14.8 Å². The molecule has 10 heteroatoms. The zero-order valence-electron chi connectivity index (χ0n) is 26.3. The van der Waals surface area contributed by atoms with E-state index in [-0.39, 0.29) is 35.6 Å². The van der Waals surface area contributed by atoms with Crippen molar-refractivity contribution < 1.29 is 28.6 Å². The predicted molar refractivity (Wildman–Crippen MR) is 161 cm³/mol. The fraction of sp³-hybridized carbons (Fsp3) is 0.688. The van der Waals surface area contributed by atoms with Crippen molar-refractivity contribution in [2.24, 2.45) is 22.9 Å². The summed E-state index contributed by atoms with van der Waals surface area (Å²) in [5, 5.41) is 9.55. The molecule has 0 aromatic heterocycles. The molecule has 1 aromatic rings. The molecule has 4 atom stereocenters. The molecule has 1 saturated heterocycles. The number of carbonyl (C=O) groups is 3. The van der Waals surface area contributed by atoms with Crippen LogP contribution in [0.3, 0.4) is 0 Å². The van der Waals surface area contributed by atoms with Crippen LogP contribution in [0.2, 0.25) is 0 Å². The number of ether oxygens (including phenoxy) is 3. The molecule has 1 aliphatic carbocycles. The van der Waals surface area contributed by atoms with Gasteiger partial charge in [0.15, 0.2) is 11.5 Å². The van der Waals surface area contributed by atoms with Gasteiger partial charge >= 0.3 is 6.09 Å². The lowest BCUT2D eigenvalue weighted by Gasteiger charge is -2.44. The normalized spacial score (nSPS) is 22.9. The highest BCUT2D eigenvalue weighted by Gasteiger charge is 2.44. The lowest BCUT2D eigenvalue weighted by molar-refractivity contribution is -0.144. The van der Waals surface area contributed by atoms with Crippen LogP contribution in [0.25, 0.3) is 0 Å². The van der Waals surface area contributed by atoms with Gasteiger partial charge in [0.25, 0.3) is 0 Å². The van der Waals surface area contributed by atoms with E-state index >= 15 is 0 Å². The quantitative estimate of drug-likeness (QED) is 0.461. The van der Waals surface area contributed by atoms with E-state index in [1.807, 2.05) is 36.9 Å². The Balaban J connectivity index is 1.51. The average Bonchev–Trinajstić information content (AvgIpc) is 2.98. The highest BCUT2D eigenvalue weighted by Crippen LogP contribution is 2.40. The zero-order chi connectivity index (χ0) is 30.6. The number of alkyl carbamates (subject to hydrolysis) is 1. The first kappa shape index (κ1) is 31.6. The monoisotopic (exact) mass is 584 g/mol. The Kier molecular flexibility index (Phi) is 10.0. The van der Waals surface area contributed by atoms with E-state index in [0.29, 0.717) is 37.4 Å². The lowest BCUT2D eigenvalue weighted by atomic mass is 9.73. The van der Waals surface area contributed by atoms with Gasteiger partial charge in [-0.1, -0.05) is 33.1 Å². The van der Waals surface area contributed by atoms with Crippen molar-refractivity contribution >= 4 is 23.6 Å². The van der Waals surface area contributed by atoms with Gasteiger partial charge in [-0.25, -0.2) is 9.80 Å². The first-order chi connectivity index (χ1) is 20.0. The topological polar surface area (TPSA) is 110 Å². The Hall–Kier alpha value is -3.30. The minimum atomic E-state index is -0.671. The van der Waals surface area contributed by atoms with E-state index < -0.39 is 17.7 Å². The van der Waals surface area contributed by atoms with E-state index in [9.17, 15) is 14.4 Å². The molecule has 4 rings (SSSR count). The molecule has 0 radical (unpaired) electrons. The average molecular weight is 585 g/mol. The van der Waals surface area contributed by atoms with Gasteiger partial charge < -0.3 is 24.4 Å². The number of hydrogen-bond donors (Lipinski definition) is 1. The lowest BCUT2D eigenvalue weighted by Crippen LogP contribution is -2.57. The summed E-state index contributed by atoms with van der Waals surface area (Å²) in [4.78, 5) is 41.7. The van der Waals surface area contributed by atoms with E-state index in [1.54, 1.807) is 40.0 Å². The van der Waals surface area contributed by atoms with E-state index in [0.717, 1.165) is 43.4 Å². The van der Waals surface area contributed by atoms with Gasteiger partial charge in [0, 0.05) is 30.5 Å². The van der Waals surface area contributed by atoms with Gasteiger partial charge in [-0.3, -0.25) is 9.59 Å². The molecule has 1 aromatic carbocycles. The largest absolute Gasteiger partial charge is 0.493 e.